The van der Waals surface area contributed by atoms with E-state index in [9.17, 15) is 14.4 Å². The van der Waals surface area contributed by atoms with Gasteiger partial charge in [-0.1, -0.05) is 18.2 Å². The number of benzene rings is 1. The first kappa shape index (κ1) is 12.9. The normalized spacial score (nSPS) is 18.2. The van der Waals surface area contributed by atoms with Gasteiger partial charge in [-0.3, -0.25) is 14.9 Å². The summed E-state index contributed by atoms with van der Waals surface area (Å²) in [6, 6.07) is 8.31. The molecule has 0 saturated carbocycles. The van der Waals surface area contributed by atoms with Gasteiger partial charge in [0.15, 0.2) is 6.10 Å². The van der Waals surface area contributed by atoms with Crippen LogP contribution in [0.15, 0.2) is 30.3 Å². The van der Waals surface area contributed by atoms with Crippen LogP contribution in [0, 0.1) is 0 Å². The molecule has 6 heteroatoms. The Labute approximate surface area is 97.5 Å². The van der Waals surface area contributed by atoms with Crippen LogP contribution >= 0.6 is 0 Å². The third-order valence-corrected chi connectivity index (χ3v) is 2.18. The van der Waals surface area contributed by atoms with E-state index < -0.39 is 23.9 Å². The molecule has 0 aromatic heterocycles. The van der Waals surface area contributed by atoms with Gasteiger partial charge in [0.05, 0.1) is 12.0 Å². The summed E-state index contributed by atoms with van der Waals surface area (Å²) in [7, 11) is 0. The second-order valence-electron chi connectivity index (χ2n) is 3.38. The second-order valence-corrected chi connectivity index (χ2v) is 3.38. The van der Waals surface area contributed by atoms with E-state index in [-0.39, 0.29) is 12.6 Å². The standard InChI is InChI=1S/C11H9NO4.H3N/c13-9-6-8(10(14)12-9)16-11(15)7-4-2-1-3-5-7;/h1-5,8H,6H2,(H,12,13,14);1H3. The van der Waals surface area contributed by atoms with Crippen molar-refractivity contribution in [3.05, 3.63) is 35.9 Å². The van der Waals surface area contributed by atoms with Crippen molar-refractivity contribution in [2.24, 2.45) is 0 Å². The highest BCUT2D eigenvalue weighted by atomic mass is 16.5. The monoisotopic (exact) mass is 236 g/mol. The average molecular weight is 236 g/mol. The fraction of sp³-hybridized carbons (Fsp3) is 0.182. The largest absolute Gasteiger partial charge is 0.448 e. The van der Waals surface area contributed by atoms with Crippen LogP contribution in [0.5, 0.6) is 0 Å². The van der Waals surface area contributed by atoms with Gasteiger partial charge in [-0.05, 0) is 12.1 Å². The quantitative estimate of drug-likeness (QED) is 0.571. The molecule has 1 aromatic rings. The number of carbonyl (C=O) groups is 3. The molecule has 1 aliphatic heterocycles. The third kappa shape index (κ3) is 2.88. The first-order valence-corrected chi connectivity index (χ1v) is 4.76. The van der Waals surface area contributed by atoms with Crippen LogP contribution in [0.4, 0.5) is 0 Å². The number of hydrogen-bond acceptors (Lipinski definition) is 5. The molecule has 1 unspecified atom stereocenters. The molecular weight excluding hydrogens is 224 g/mol. The summed E-state index contributed by atoms with van der Waals surface area (Å²) in [6.45, 7) is 0. The zero-order valence-electron chi connectivity index (χ0n) is 9.01. The second kappa shape index (κ2) is 5.22. The summed E-state index contributed by atoms with van der Waals surface area (Å²) in [6.07, 6.45) is -1.10. The maximum Gasteiger partial charge on any atom is 0.338 e. The molecule has 2 rings (SSSR count). The molecule has 0 bridgehead atoms. The SMILES string of the molecule is N.O=C1CC(OC(=O)c2ccccc2)C(=O)N1. The molecule has 0 aliphatic carbocycles. The Morgan fingerprint density at radius 3 is 2.41 bits per heavy atom. The number of amides is 2. The van der Waals surface area contributed by atoms with Crippen molar-refractivity contribution in [1.29, 1.82) is 0 Å². The van der Waals surface area contributed by atoms with E-state index in [1.807, 2.05) is 0 Å². The summed E-state index contributed by atoms with van der Waals surface area (Å²) >= 11 is 0. The molecule has 2 amide bonds. The Balaban J connectivity index is 0.00000144. The van der Waals surface area contributed by atoms with Crippen molar-refractivity contribution in [1.82, 2.24) is 11.5 Å². The highest BCUT2D eigenvalue weighted by Gasteiger charge is 2.33. The van der Waals surface area contributed by atoms with Crippen LogP contribution in [-0.4, -0.2) is 23.9 Å². The van der Waals surface area contributed by atoms with Crippen LogP contribution in [0.2, 0.25) is 0 Å². The molecular formula is C11H12N2O4. The van der Waals surface area contributed by atoms with Gasteiger partial charge >= 0.3 is 5.97 Å². The number of esters is 1. The van der Waals surface area contributed by atoms with Gasteiger partial charge in [-0.2, -0.15) is 0 Å². The number of carbonyl (C=O) groups excluding carboxylic acids is 3. The number of nitrogens with one attached hydrogen (secondary N) is 1. The summed E-state index contributed by atoms with van der Waals surface area (Å²) in [5, 5.41) is 2.07. The molecule has 0 spiro atoms. The summed E-state index contributed by atoms with van der Waals surface area (Å²) in [4.78, 5) is 33.5. The predicted molar refractivity (Wildman–Crippen MR) is 58.4 cm³/mol. The van der Waals surface area contributed by atoms with E-state index >= 15 is 0 Å². The van der Waals surface area contributed by atoms with Gasteiger partial charge in [-0.25, -0.2) is 4.79 Å². The van der Waals surface area contributed by atoms with E-state index in [2.05, 4.69) is 5.32 Å². The van der Waals surface area contributed by atoms with Gasteiger partial charge in [-0.15, -0.1) is 0 Å². The molecule has 4 N–H and O–H groups in total. The number of imide groups is 1. The minimum absolute atomic E-state index is 0. The molecule has 6 nitrogen and oxygen atoms in total. The highest BCUT2D eigenvalue weighted by Crippen LogP contribution is 2.10. The Morgan fingerprint density at radius 1 is 1.24 bits per heavy atom. The summed E-state index contributed by atoms with van der Waals surface area (Å²) in [5.41, 5.74) is 0.356. The molecule has 0 radical (unpaired) electrons. The van der Waals surface area contributed by atoms with Crippen LogP contribution in [0.25, 0.3) is 0 Å². The van der Waals surface area contributed by atoms with Crippen molar-refractivity contribution in [2.45, 2.75) is 12.5 Å². The van der Waals surface area contributed by atoms with Crippen LogP contribution in [-0.2, 0) is 14.3 Å². The lowest BCUT2D eigenvalue weighted by molar-refractivity contribution is -0.128. The van der Waals surface area contributed by atoms with Crippen LogP contribution in [0.3, 0.4) is 0 Å². The summed E-state index contributed by atoms with van der Waals surface area (Å²) < 4.78 is 4.91. The van der Waals surface area contributed by atoms with Crippen molar-refractivity contribution in [3.63, 3.8) is 0 Å². The number of ether oxygens (including phenoxy) is 1. The van der Waals surface area contributed by atoms with E-state index in [4.69, 9.17) is 4.74 Å². The Morgan fingerprint density at radius 2 is 1.88 bits per heavy atom. The van der Waals surface area contributed by atoms with Gasteiger partial charge in [0.1, 0.15) is 0 Å². The van der Waals surface area contributed by atoms with Crippen molar-refractivity contribution < 1.29 is 19.1 Å². The van der Waals surface area contributed by atoms with E-state index in [1.165, 1.54) is 0 Å². The topological polar surface area (TPSA) is 107 Å². The molecule has 90 valence electrons. The lowest BCUT2D eigenvalue weighted by Crippen LogP contribution is -2.28. The van der Waals surface area contributed by atoms with Crippen molar-refractivity contribution >= 4 is 17.8 Å². The summed E-state index contributed by atoms with van der Waals surface area (Å²) in [5.74, 6) is -1.58. The van der Waals surface area contributed by atoms with E-state index in [0.717, 1.165) is 0 Å². The minimum atomic E-state index is -1.000. The first-order chi connectivity index (χ1) is 7.66. The van der Waals surface area contributed by atoms with Crippen LogP contribution < -0.4 is 11.5 Å². The van der Waals surface area contributed by atoms with E-state index in [0.29, 0.717) is 5.56 Å². The minimum Gasteiger partial charge on any atom is -0.448 e. The molecule has 1 fully saturated rings. The van der Waals surface area contributed by atoms with Gasteiger partial charge in [0, 0.05) is 0 Å². The Bertz CT molecular complexity index is 444. The van der Waals surface area contributed by atoms with Gasteiger partial charge in [0.25, 0.3) is 5.91 Å². The zero-order valence-corrected chi connectivity index (χ0v) is 9.01. The zero-order chi connectivity index (χ0) is 11.5. The fourth-order valence-corrected chi connectivity index (χ4v) is 1.40. The van der Waals surface area contributed by atoms with E-state index in [1.54, 1.807) is 30.3 Å². The first-order valence-electron chi connectivity index (χ1n) is 4.76. The fourth-order valence-electron chi connectivity index (χ4n) is 1.40. The molecule has 1 aliphatic rings. The Kier molecular flexibility index (Phi) is 3.95. The van der Waals surface area contributed by atoms with Crippen molar-refractivity contribution in [2.75, 3.05) is 0 Å². The van der Waals surface area contributed by atoms with Gasteiger partial charge in [0.2, 0.25) is 5.91 Å². The number of hydrogen-bond donors (Lipinski definition) is 2. The molecule has 17 heavy (non-hydrogen) atoms. The number of rotatable bonds is 2. The maximum absolute atomic E-state index is 11.5. The predicted octanol–water partition coefficient (Wildman–Crippen LogP) is 0.420. The lowest BCUT2D eigenvalue weighted by Gasteiger charge is -2.07. The average Bonchev–Trinajstić information content (AvgIpc) is 2.59. The van der Waals surface area contributed by atoms with Gasteiger partial charge < -0.3 is 10.9 Å². The molecule has 1 saturated heterocycles. The molecule has 1 atom stereocenters. The Hall–Kier alpha value is -2.21. The smallest absolute Gasteiger partial charge is 0.338 e. The highest BCUT2D eigenvalue weighted by molar-refractivity contribution is 6.06. The maximum atomic E-state index is 11.5. The van der Waals surface area contributed by atoms with Crippen LogP contribution in [0.1, 0.15) is 16.8 Å². The lowest BCUT2D eigenvalue weighted by atomic mass is 10.2. The third-order valence-electron chi connectivity index (χ3n) is 2.18. The van der Waals surface area contributed by atoms with Crippen molar-refractivity contribution in [3.8, 4) is 0 Å². The molecule has 1 heterocycles. The molecule has 1 aromatic carbocycles.